The summed E-state index contributed by atoms with van der Waals surface area (Å²) in [6.07, 6.45) is -4.50. The van der Waals surface area contributed by atoms with Gasteiger partial charge in [-0.3, -0.25) is 4.79 Å². The molecule has 1 atom stereocenters. The SMILES string of the molecule is CC(=O)C1=C(C)NC(S)=C(C#N)[C@H]1c1cccc(C(F)(F)F)c1. The molecule has 0 aliphatic carbocycles. The summed E-state index contributed by atoms with van der Waals surface area (Å²) in [4.78, 5) is 12.0. The van der Waals surface area contributed by atoms with Gasteiger partial charge in [-0.25, -0.2) is 0 Å². The highest BCUT2D eigenvalue weighted by Gasteiger charge is 2.35. The average molecular weight is 338 g/mol. The molecule has 120 valence electrons. The van der Waals surface area contributed by atoms with Crippen molar-refractivity contribution in [1.29, 1.82) is 5.26 Å². The second kappa shape index (κ2) is 6.13. The highest BCUT2D eigenvalue weighted by Crippen LogP contribution is 2.40. The lowest BCUT2D eigenvalue weighted by molar-refractivity contribution is -0.137. The third kappa shape index (κ3) is 3.27. The Hall–Kier alpha value is -2.20. The zero-order chi connectivity index (χ0) is 17.4. The first-order valence-corrected chi connectivity index (χ1v) is 7.10. The van der Waals surface area contributed by atoms with Gasteiger partial charge in [0.05, 0.1) is 28.2 Å². The number of halogens is 3. The van der Waals surface area contributed by atoms with E-state index in [0.29, 0.717) is 5.70 Å². The summed E-state index contributed by atoms with van der Waals surface area (Å²) in [5, 5.41) is 12.4. The van der Waals surface area contributed by atoms with E-state index in [1.807, 2.05) is 6.07 Å². The molecule has 1 aliphatic heterocycles. The van der Waals surface area contributed by atoms with Crippen molar-refractivity contribution in [2.24, 2.45) is 0 Å². The molecular formula is C16H13F3N2OS. The minimum Gasteiger partial charge on any atom is -0.353 e. The van der Waals surface area contributed by atoms with Crippen molar-refractivity contribution >= 4 is 18.4 Å². The van der Waals surface area contributed by atoms with Gasteiger partial charge in [0, 0.05) is 11.3 Å². The topological polar surface area (TPSA) is 52.9 Å². The molecule has 1 aromatic rings. The molecule has 0 amide bonds. The number of rotatable bonds is 2. The average Bonchev–Trinajstić information content (AvgIpc) is 2.45. The summed E-state index contributed by atoms with van der Waals surface area (Å²) in [5.74, 6) is -1.18. The Morgan fingerprint density at radius 1 is 1.39 bits per heavy atom. The lowest BCUT2D eigenvalue weighted by atomic mass is 9.80. The molecule has 3 nitrogen and oxygen atoms in total. The second-order valence-corrected chi connectivity index (χ2v) is 5.60. The molecule has 0 aromatic heterocycles. The van der Waals surface area contributed by atoms with E-state index in [-0.39, 0.29) is 27.5 Å². The molecule has 1 aromatic carbocycles. The quantitative estimate of drug-likeness (QED) is 0.804. The number of thiol groups is 1. The molecule has 0 saturated carbocycles. The highest BCUT2D eigenvalue weighted by molar-refractivity contribution is 7.84. The van der Waals surface area contributed by atoms with Crippen molar-refractivity contribution in [2.75, 3.05) is 0 Å². The van der Waals surface area contributed by atoms with Gasteiger partial charge in [-0.2, -0.15) is 18.4 Å². The lowest BCUT2D eigenvalue weighted by Gasteiger charge is -2.28. The van der Waals surface area contributed by atoms with E-state index < -0.39 is 17.7 Å². The van der Waals surface area contributed by atoms with Crippen LogP contribution in [0.15, 0.2) is 46.1 Å². The first-order chi connectivity index (χ1) is 10.7. The summed E-state index contributed by atoms with van der Waals surface area (Å²) in [7, 11) is 0. The molecule has 1 N–H and O–H groups in total. The summed E-state index contributed by atoms with van der Waals surface area (Å²) in [5.41, 5.74) is 0.257. The van der Waals surface area contributed by atoms with Gasteiger partial charge in [0.2, 0.25) is 0 Å². The van der Waals surface area contributed by atoms with Crippen LogP contribution >= 0.6 is 12.6 Å². The fraction of sp³-hybridized carbons (Fsp3) is 0.250. The normalized spacial score (nSPS) is 18.6. The molecule has 1 aliphatic rings. The summed E-state index contributed by atoms with van der Waals surface area (Å²) in [6.45, 7) is 2.95. The lowest BCUT2D eigenvalue weighted by Crippen LogP contribution is -2.26. The van der Waals surface area contributed by atoms with Gasteiger partial charge >= 0.3 is 6.18 Å². The van der Waals surface area contributed by atoms with Crippen LogP contribution in [0.25, 0.3) is 0 Å². The minimum absolute atomic E-state index is 0.114. The van der Waals surface area contributed by atoms with Crippen molar-refractivity contribution in [3.8, 4) is 6.07 Å². The number of benzene rings is 1. The Balaban J connectivity index is 2.68. The van der Waals surface area contributed by atoms with E-state index in [1.54, 1.807) is 6.92 Å². The number of carbonyl (C=O) groups excluding carboxylic acids is 1. The van der Waals surface area contributed by atoms with Crippen LogP contribution in [0.2, 0.25) is 0 Å². The van der Waals surface area contributed by atoms with Crippen LogP contribution in [0, 0.1) is 11.3 Å². The minimum atomic E-state index is -4.50. The maximum absolute atomic E-state index is 12.9. The molecule has 0 saturated heterocycles. The Bertz CT molecular complexity index is 772. The number of nitrogens with one attached hydrogen (secondary N) is 1. The smallest absolute Gasteiger partial charge is 0.353 e. The zero-order valence-electron chi connectivity index (χ0n) is 12.3. The monoisotopic (exact) mass is 338 g/mol. The van der Waals surface area contributed by atoms with Gasteiger partial charge in [-0.15, -0.1) is 12.6 Å². The third-order valence-electron chi connectivity index (χ3n) is 3.59. The second-order valence-electron chi connectivity index (χ2n) is 5.15. The van der Waals surface area contributed by atoms with Crippen molar-refractivity contribution in [2.45, 2.75) is 25.9 Å². The van der Waals surface area contributed by atoms with Crippen LogP contribution in [0.3, 0.4) is 0 Å². The fourth-order valence-electron chi connectivity index (χ4n) is 2.62. The van der Waals surface area contributed by atoms with Crippen molar-refractivity contribution in [3.63, 3.8) is 0 Å². The highest BCUT2D eigenvalue weighted by atomic mass is 32.1. The third-order valence-corrected chi connectivity index (χ3v) is 3.94. The molecule has 23 heavy (non-hydrogen) atoms. The van der Waals surface area contributed by atoms with Gasteiger partial charge in [-0.05, 0) is 25.5 Å². The van der Waals surface area contributed by atoms with Gasteiger partial charge in [0.25, 0.3) is 0 Å². The van der Waals surface area contributed by atoms with Crippen molar-refractivity contribution in [3.05, 3.63) is 57.3 Å². The van der Waals surface area contributed by atoms with Gasteiger partial charge < -0.3 is 5.32 Å². The maximum atomic E-state index is 12.9. The van der Waals surface area contributed by atoms with Crippen LogP contribution in [0.1, 0.15) is 30.9 Å². The van der Waals surface area contributed by atoms with E-state index in [1.165, 1.54) is 19.1 Å². The summed E-state index contributed by atoms with van der Waals surface area (Å²) < 4.78 is 38.8. The number of hydrogen-bond acceptors (Lipinski definition) is 4. The van der Waals surface area contributed by atoms with Crippen LogP contribution in [-0.4, -0.2) is 5.78 Å². The molecule has 0 spiro atoms. The van der Waals surface area contributed by atoms with Crippen LogP contribution in [0.4, 0.5) is 13.2 Å². The summed E-state index contributed by atoms with van der Waals surface area (Å²) >= 11 is 4.18. The molecule has 1 heterocycles. The van der Waals surface area contributed by atoms with Crippen molar-refractivity contribution in [1.82, 2.24) is 5.32 Å². The largest absolute Gasteiger partial charge is 0.416 e. The molecular weight excluding hydrogens is 325 g/mol. The Labute approximate surface area is 136 Å². The number of alkyl halides is 3. The number of allylic oxidation sites excluding steroid dienone is 3. The Kier molecular flexibility index (Phi) is 4.57. The van der Waals surface area contributed by atoms with Crippen LogP contribution in [-0.2, 0) is 11.0 Å². The molecule has 0 bridgehead atoms. The van der Waals surface area contributed by atoms with E-state index in [9.17, 15) is 23.2 Å². The maximum Gasteiger partial charge on any atom is 0.416 e. The van der Waals surface area contributed by atoms with Crippen LogP contribution < -0.4 is 5.32 Å². The number of nitriles is 1. The van der Waals surface area contributed by atoms with Gasteiger partial charge in [0.1, 0.15) is 0 Å². The standard InChI is InChI=1S/C16H13F3N2OS/c1-8-13(9(2)22)14(12(7-20)15(23)21-8)10-4-3-5-11(6-10)16(17,18)19/h3-6,14,21,23H,1-2H3/t14-/m1/s1. The molecule has 0 radical (unpaired) electrons. The number of carbonyl (C=O) groups is 1. The van der Waals surface area contributed by atoms with E-state index in [0.717, 1.165) is 12.1 Å². The van der Waals surface area contributed by atoms with E-state index in [4.69, 9.17) is 0 Å². The number of Topliss-reactive ketones (excluding diaryl/α,β-unsaturated/α-hetero) is 1. The zero-order valence-corrected chi connectivity index (χ0v) is 13.2. The molecule has 2 rings (SSSR count). The first kappa shape index (κ1) is 17.2. The number of hydrogen-bond donors (Lipinski definition) is 2. The van der Waals surface area contributed by atoms with E-state index in [2.05, 4.69) is 17.9 Å². The van der Waals surface area contributed by atoms with Crippen molar-refractivity contribution < 1.29 is 18.0 Å². The van der Waals surface area contributed by atoms with Crippen LogP contribution in [0.5, 0.6) is 0 Å². The van der Waals surface area contributed by atoms with Gasteiger partial charge in [-0.1, -0.05) is 18.2 Å². The Morgan fingerprint density at radius 2 is 2.04 bits per heavy atom. The predicted molar refractivity (Wildman–Crippen MR) is 82.3 cm³/mol. The molecule has 7 heteroatoms. The first-order valence-electron chi connectivity index (χ1n) is 6.66. The van der Waals surface area contributed by atoms with Gasteiger partial charge in [0.15, 0.2) is 5.78 Å². The predicted octanol–water partition coefficient (Wildman–Crippen LogP) is 3.92. The number of dihydropyridines is 1. The number of nitrogens with zero attached hydrogens (tertiary/aromatic N) is 1. The number of ketones is 1. The van der Waals surface area contributed by atoms with E-state index >= 15 is 0 Å². The Morgan fingerprint density at radius 3 is 2.57 bits per heavy atom. The molecule has 0 unspecified atom stereocenters. The molecule has 0 fully saturated rings. The fourth-order valence-corrected chi connectivity index (χ4v) is 2.97. The summed E-state index contributed by atoms with van der Waals surface area (Å²) in [6, 6.07) is 6.59.